The van der Waals surface area contributed by atoms with Gasteiger partial charge in [0.2, 0.25) is 0 Å². The molecule has 0 bridgehead atoms. The van der Waals surface area contributed by atoms with Gasteiger partial charge in [0.25, 0.3) is 0 Å². The maximum absolute atomic E-state index is 3.45. The summed E-state index contributed by atoms with van der Waals surface area (Å²) in [6.45, 7) is 4.07. The van der Waals surface area contributed by atoms with Gasteiger partial charge in [0, 0.05) is 18.0 Å². The van der Waals surface area contributed by atoms with Gasteiger partial charge in [-0.1, -0.05) is 12.2 Å². The molecule has 0 radical (unpaired) electrons. The number of allylic oxidation sites excluding steroid dienone is 1. The molecular weight excluding hydrogens is 246 g/mol. The lowest BCUT2D eigenvalue weighted by molar-refractivity contribution is 0.749. The van der Waals surface area contributed by atoms with Crippen LogP contribution in [0.1, 0.15) is 11.8 Å². The molecule has 1 aromatic rings. The van der Waals surface area contributed by atoms with Gasteiger partial charge in [-0.2, -0.15) is 0 Å². The molecule has 72 valence electrons. The highest BCUT2D eigenvalue weighted by Gasteiger charge is 1.95. The normalized spacial score (nSPS) is 11.2. The molecule has 0 spiro atoms. The van der Waals surface area contributed by atoms with Gasteiger partial charge < -0.3 is 5.32 Å². The predicted molar refractivity (Wildman–Crippen MR) is 63.4 cm³/mol. The molecule has 0 aliphatic rings. The van der Waals surface area contributed by atoms with E-state index >= 15 is 0 Å². The van der Waals surface area contributed by atoms with Crippen LogP contribution >= 0.6 is 27.3 Å². The number of thiophene rings is 1. The Balaban J connectivity index is 2.13. The summed E-state index contributed by atoms with van der Waals surface area (Å²) in [5.41, 5.74) is 0. The number of rotatable bonds is 5. The lowest BCUT2D eigenvalue weighted by Gasteiger charge is -1.98. The zero-order valence-electron chi connectivity index (χ0n) is 7.72. The van der Waals surface area contributed by atoms with Gasteiger partial charge in [-0.05, 0) is 41.4 Å². The molecule has 0 fully saturated rings. The standard InChI is InChI=1S/C10H14BrNS/c1-2-3-7-12-8-6-9-4-5-10(11)13-9/h2-5,12H,6-8H2,1H3/b3-2+. The van der Waals surface area contributed by atoms with Crippen LogP contribution in [0.5, 0.6) is 0 Å². The molecule has 0 saturated carbocycles. The summed E-state index contributed by atoms with van der Waals surface area (Å²) in [5, 5.41) is 3.35. The van der Waals surface area contributed by atoms with Crippen molar-refractivity contribution >= 4 is 27.3 Å². The van der Waals surface area contributed by atoms with Crippen LogP contribution in [0.25, 0.3) is 0 Å². The molecule has 3 heteroatoms. The van der Waals surface area contributed by atoms with Gasteiger partial charge in [0.15, 0.2) is 0 Å². The van der Waals surface area contributed by atoms with Gasteiger partial charge in [0.05, 0.1) is 3.79 Å². The molecule has 1 rings (SSSR count). The van der Waals surface area contributed by atoms with E-state index in [0.717, 1.165) is 19.5 Å². The molecule has 1 N–H and O–H groups in total. The molecule has 0 unspecified atom stereocenters. The molecule has 0 saturated heterocycles. The lowest BCUT2D eigenvalue weighted by Crippen LogP contribution is -2.16. The summed E-state index contributed by atoms with van der Waals surface area (Å²) in [4.78, 5) is 1.43. The quantitative estimate of drug-likeness (QED) is 0.633. The minimum Gasteiger partial charge on any atom is -0.313 e. The van der Waals surface area contributed by atoms with Crippen molar-refractivity contribution in [3.05, 3.63) is 32.9 Å². The van der Waals surface area contributed by atoms with Crippen LogP contribution in [0.4, 0.5) is 0 Å². The van der Waals surface area contributed by atoms with Gasteiger partial charge in [-0.25, -0.2) is 0 Å². The molecular formula is C10H14BrNS. The summed E-state index contributed by atoms with van der Waals surface area (Å²) < 4.78 is 1.22. The van der Waals surface area contributed by atoms with Crippen molar-refractivity contribution < 1.29 is 0 Å². The zero-order chi connectivity index (χ0) is 9.52. The monoisotopic (exact) mass is 259 g/mol. The summed E-state index contributed by atoms with van der Waals surface area (Å²) in [7, 11) is 0. The fourth-order valence-corrected chi connectivity index (χ4v) is 2.48. The van der Waals surface area contributed by atoms with E-state index in [4.69, 9.17) is 0 Å². The van der Waals surface area contributed by atoms with Gasteiger partial charge >= 0.3 is 0 Å². The molecule has 1 aromatic heterocycles. The van der Waals surface area contributed by atoms with E-state index in [-0.39, 0.29) is 0 Å². The smallest absolute Gasteiger partial charge is 0.0701 e. The third-order valence-corrected chi connectivity index (χ3v) is 3.36. The Kier molecular flexibility index (Phi) is 5.35. The number of hydrogen-bond acceptors (Lipinski definition) is 2. The van der Waals surface area contributed by atoms with Gasteiger partial charge in [-0.15, -0.1) is 11.3 Å². The Morgan fingerprint density at radius 1 is 1.54 bits per heavy atom. The maximum atomic E-state index is 3.45. The predicted octanol–water partition coefficient (Wildman–Crippen LogP) is 3.22. The second-order valence-electron chi connectivity index (χ2n) is 2.73. The van der Waals surface area contributed by atoms with Crippen LogP contribution in [0.2, 0.25) is 0 Å². The Morgan fingerprint density at radius 3 is 3.00 bits per heavy atom. The third kappa shape index (κ3) is 4.60. The molecule has 1 nitrogen and oxygen atoms in total. The van der Waals surface area contributed by atoms with Crippen molar-refractivity contribution in [3.8, 4) is 0 Å². The number of nitrogens with one attached hydrogen (secondary N) is 1. The van der Waals surface area contributed by atoms with E-state index in [1.807, 2.05) is 18.3 Å². The van der Waals surface area contributed by atoms with E-state index in [2.05, 4.69) is 45.5 Å². The Bertz CT molecular complexity index is 268. The molecule has 0 amide bonds. The largest absolute Gasteiger partial charge is 0.313 e. The summed E-state index contributed by atoms with van der Waals surface area (Å²) in [6, 6.07) is 4.28. The van der Waals surface area contributed by atoms with E-state index in [1.165, 1.54) is 8.66 Å². The summed E-state index contributed by atoms with van der Waals surface area (Å²) in [5.74, 6) is 0. The first-order chi connectivity index (χ1) is 6.33. The van der Waals surface area contributed by atoms with E-state index in [9.17, 15) is 0 Å². The van der Waals surface area contributed by atoms with E-state index < -0.39 is 0 Å². The van der Waals surface area contributed by atoms with Crippen molar-refractivity contribution in [3.63, 3.8) is 0 Å². The Hall–Kier alpha value is -0.120. The minimum absolute atomic E-state index is 0.975. The first-order valence-corrected chi connectivity index (χ1v) is 6.00. The average Bonchev–Trinajstić information content (AvgIpc) is 2.51. The van der Waals surface area contributed by atoms with Crippen molar-refractivity contribution in [2.75, 3.05) is 13.1 Å². The fraction of sp³-hybridized carbons (Fsp3) is 0.400. The Morgan fingerprint density at radius 2 is 2.38 bits per heavy atom. The van der Waals surface area contributed by atoms with E-state index in [1.54, 1.807) is 0 Å². The Labute approximate surface area is 92.0 Å². The van der Waals surface area contributed by atoms with Crippen LogP contribution < -0.4 is 5.32 Å². The van der Waals surface area contributed by atoms with E-state index in [0.29, 0.717) is 0 Å². The lowest BCUT2D eigenvalue weighted by atomic mass is 10.3. The second kappa shape index (κ2) is 6.35. The SMILES string of the molecule is C/C=C/CNCCc1ccc(Br)s1. The van der Waals surface area contributed by atoms with Crippen LogP contribution in [-0.4, -0.2) is 13.1 Å². The fourth-order valence-electron chi connectivity index (χ4n) is 1.00. The van der Waals surface area contributed by atoms with Crippen molar-refractivity contribution in [1.29, 1.82) is 0 Å². The second-order valence-corrected chi connectivity index (χ2v) is 5.28. The maximum Gasteiger partial charge on any atom is 0.0701 e. The highest BCUT2D eigenvalue weighted by Crippen LogP contribution is 2.21. The molecule has 0 aliphatic carbocycles. The summed E-state index contributed by atoms with van der Waals surface area (Å²) in [6.07, 6.45) is 5.31. The highest BCUT2D eigenvalue weighted by molar-refractivity contribution is 9.11. The minimum atomic E-state index is 0.975. The molecule has 1 heterocycles. The van der Waals surface area contributed by atoms with Crippen LogP contribution in [0, 0.1) is 0 Å². The van der Waals surface area contributed by atoms with Gasteiger partial charge in [-0.3, -0.25) is 0 Å². The topological polar surface area (TPSA) is 12.0 Å². The molecule has 0 aromatic carbocycles. The molecule has 0 aliphatic heterocycles. The molecule has 0 atom stereocenters. The van der Waals surface area contributed by atoms with Gasteiger partial charge in [0.1, 0.15) is 0 Å². The van der Waals surface area contributed by atoms with Crippen LogP contribution in [0.3, 0.4) is 0 Å². The van der Waals surface area contributed by atoms with Crippen molar-refractivity contribution in [2.24, 2.45) is 0 Å². The third-order valence-electron chi connectivity index (χ3n) is 1.67. The average molecular weight is 260 g/mol. The van der Waals surface area contributed by atoms with Crippen molar-refractivity contribution in [2.45, 2.75) is 13.3 Å². The first kappa shape index (κ1) is 11.0. The van der Waals surface area contributed by atoms with Crippen molar-refractivity contribution in [1.82, 2.24) is 5.32 Å². The number of halogens is 1. The number of hydrogen-bond donors (Lipinski definition) is 1. The molecule has 13 heavy (non-hydrogen) atoms. The van der Waals surface area contributed by atoms with Crippen LogP contribution in [0.15, 0.2) is 28.1 Å². The first-order valence-electron chi connectivity index (χ1n) is 4.39. The van der Waals surface area contributed by atoms with Crippen LogP contribution in [-0.2, 0) is 6.42 Å². The zero-order valence-corrected chi connectivity index (χ0v) is 10.1. The summed E-state index contributed by atoms with van der Waals surface area (Å²) >= 11 is 5.26. The highest BCUT2D eigenvalue weighted by atomic mass is 79.9.